The lowest BCUT2D eigenvalue weighted by Gasteiger charge is -2.29. The number of benzene rings is 1. The number of urea groups is 1. The fourth-order valence-corrected chi connectivity index (χ4v) is 4.03. The molecule has 8 nitrogen and oxygen atoms in total. The average molecular weight is 401 g/mol. The zero-order chi connectivity index (χ0) is 21.1. The first-order valence-electron chi connectivity index (χ1n) is 10.1. The number of nitrogens with one attached hydrogen (secondary N) is 2. The minimum absolute atomic E-state index is 0.0665. The highest BCUT2D eigenvalue weighted by Crippen LogP contribution is 2.32. The van der Waals surface area contributed by atoms with Crippen molar-refractivity contribution in [3.8, 4) is 0 Å². The molecule has 1 atom stereocenters. The van der Waals surface area contributed by atoms with Crippen molar-refractivity contribution >= 4 is 29.5 Å². The van der Waals surface area contributed by atoms with Crippen LogP contribution in [0.5, 0.6) is 0 Å². The molecule has 29 heavy (non-hydrogen) atoms. The Morgan fingerprint density at radius 3 is 2.38 bits per heavy atom. The number of amides is 4. The minimum atomic E-state index is -1.10. The van der Waals surface area contributed by atoms with E-state index in [1.54, 1.807) is 6.07 Å². The Hall–Kier alpha value is -2.90. The molecule has 0 spiro atoms. The Bertz CT molecular complexity index is 830. The van der Waals surface area contributed by atoms with Crippen molar-refractivity contribution in [1.29, 1.82) is 0 Å². The molecule has 1 aliphatic carbocycles. The summed E-state index contributed by atoms with van der Waals surface area (Å²) in [5, 5.41) is 14.2. The highest BCUT2D eigenvalue weighted by Gasteiger charge is 2.40. The number of hydrogen-bond acceptors (Lipinski definition) is 4. The summed E-state index contributed by atoms with van der Waals surface area (Å²) >= 11 is 0. The van der Waals surface area contributed by atoms with Gasteiger partial charge in [-0.3, -0.25) is 14.5 Å². The summed E-state index contributed by atoms with van der Waals surface area (Å²) in [4.78, 5) is 50.4. The number of rotatable bonds is 6. The predicted octanol–water partition coefficient (Wildman–Crippen LogP) is 3.24. The molecule has 1 aromatic rings. The number of nitrogens with zero attached hydrogens (tertiary/aromatic N) is 1. The third-order valence-corrected chi connectivity index (χ3v) is 5.43. The number of carboxylic acid groups (broad SMARTS) is 1. The van der Waals surface area contributed by atoms with Gasteiger partial charge in [0.15, 0.2) is 0 Å². The van der Waals surface area contributed by atoms with Crippen LogP contribution >= 0.6 is 0 Å². The number of carbonyl (C=O) groups is 4. The van der Waals surface area contributed by atoms with Crippen LogP contribution in [0.4, 0.5) is 10.5 Å². The lowest BCUT2D eigenvalue weighted by molar-refractivity contribution is -0.139. The van der Waals surface area contributed by atoms with Crippen LogP contribution in [0.25, 0.3) is 0 Å². The normalized spacial score (nSPS) is 18.0. The number of carbonyl (C=O) groups excluding carboxylic acids is 3. The Labute approximate surface area is 169 Å². The molecular formula is C21H27N3O5. The van der Waals surface area contributed by atoms with Gasteiger partial charge in [0.25, 0.3) is 11.8 Å². The first kappa shape index (κ1) is 20.8. The van der Waals surface area contributed by atoms with E-state index in [4.69, 9.17) is 0 Å². The van der Waals surface area contributed by atoms with Crippen molar-refractivity contribution in [3.63, 3.8) is 0 Å². The van der Waals surface area contributed by atoms with E-state index in [1.165, 1.54) is 17.0 Å². The summed E-state index contributed by atoms with van der Waals surface area (Å²) in [7, 11) is 0. The van der Waals surface area contributed by atoms with Gasteiger partial charge in [-0.05, 0) is 43.4 Å². The van der Waals surface area contributed by atoms with Gasteiger partial charge >= 0.3 is 12.0 Å². The Balaban J connectivity index is 1.71. The van der Waals surface area contributed by atoms with Crippen LogP contribution in [0.15, 0.2) is 18.2 Å². The molecule has 8 heteroatoms. The summed E-state index contributed by atoms with van der Waals surface area (Å²) in [6.07, 6.45) is 5.09. The number of aliphatic carboxylic acids is 1. The summed E-state index contributed by atoms with van der Waals surface area (Å²) in [5.74, 6) is -1.61. The molecule has 0 radical (unpaired) electrons. The van der Waals surface area contributed by atoms with E-state index in [9.17, 15) is 24.3 Å². The maximum absolute atomic E-state index is 12.8. The molecule has 3 N–H and O–H groups in total. The Morgan fingerprint density at radius 2 is 1.76 bits per heavy atom. The van der Waals surface area contributed by atoms with E-state index < -0.39 is 18.0 Å². The van der Waals surface area contributed by atoms with Crippen molar-refractivity contribution in [2.45, 2.75) is 64.5 Å². The van der Waals surface area contributed by atoms with Gasteiger partial charge in [-0.25, -0.2) is 9.59 Å². The van der Waals surface area contributed by atoms with Crippen LogP contribution in [-0.4, -0.2) is 45.9 Å². The smallest absolute Gasteiger partial charge is 0.326 e. The zero-order valence-corrected chi connectivity index (χ0v) is 16.7. The molecule has 2 aliphatic rings. The second-order valence-electron chi connectivity index (χ2n) is 8.15. The van der Waals surface area contributed by atoms with Crippen LogP contribution in [0.3, 0.4) is 0 Å². The predicted molar refractivity (Wildman–Crippen MR) is 107 cm³/mol. The van der Waals surface area contributed by atoms with E-state index >= 15 is 0 Å². The highest BCUT2D eigenvalue weighted by atomic mass is 16.4. The fourth-order valence-electron chi connectivity index (χ4n) is 4.03. The second-order valence-corrected chi connectivity index (χ2v) is 8.15. The van der Waals surface area contributed by atoms with Crippen molar-refractivity contribution in [1.82, 2.24) is 10.2 Å². The molecule has 4 amide bonds. The summed E-state index contributed by atoms with van der Waals surface area (Å²) in [6.45, 7) is 3.74. The zero-order valence-electron chi connectivity index (χ0n) is 16.7. The third kappa shape index (κ3) is 4.58. The van der Waals surface area contributed by atoms with Gasteiger partial charge in [-0.1, -0.05) is 33.1 Å². The van der Waals surface area contributed by atoms with Gasteiger partial charge in [-0.2, -0.15) is 0 Å². The van der Waals surface area contributed by atoms with E-state index in [2.05, 4.69) is 10.6 Å². The van der Waals surface area contributed by atoms with Gasteiger partial charge in [0.2, 0.25) is 0 Å². The molecule has 0 aromatic heterocycles. The number of fused-ring (bicyclic) bond motifs is 1. The van der Waals surface area contributed by atoms with E-state index in [0.29, 0.717) is 17.7 Å². The Morgan fingerprint density at radius 1 is 1.10 bits per heavy atom. The average Bonchev–Trinajstić information content (AvgIpc) is 2.91. The summed E-state index contributed by atoms with van der Waals surface area (Å²) in [6, 6.07) is 2.83. The minimum Gasteiger partial charge on any atom is -0.480 e. The quantitative estimate of drug-likeness (QED) is 0.633. The van der Waals surface area contributed by atoms with Crippen LogP contribution < -0.4 is 10.6 Å². The van der Waals surface area contributed by atoms with E-state index in [1.807, 2.05) is 13.8 Å². The van der Waals surface area contributed by atoms with Crippen LogP contribution in [0.2, 0.25) is 0 Å². The topological polar surface area (TPSA) is 116 Å². The first-order valence-corrected chi connectivity index (χ1v) is 10.1. The van der Waals surface area contributed by atoms with Gasteiger partial charge < -0.3 is 15.7 Å². The van der Waals surface area contributed by atoms with Crippen molar-refractivity contribution in [2.24, 2.45) is 5.92 Å². The molecule has 1 saturated carbocycles. The van der Waals surface area contributed by atoms with Gasteiger partial charge in [0.1, 0.15) is 6.04 Å². The van der Waals surface area contributed by atoms with Crippen molar-refractivity contribution in [3.05, 3.63) is 29.3 Å². The lowest BCUT2D eigenvalue weighted by atomic mass is 9.94. The largest absolute Gasteiger partial charge is 0.480 e. The summed E-state index contributed by atoms with van der Waals surface area (Å²) < 4.78 is 0. The van der Waals surface area contributed by atoms with E-state index in [0.717, 1.165) is 32.1 Å². The molecule has 1 unspecified atom stereocenters. The molecule has 1 aliphatic heterocycles. The first-order chi connectivity index (χ1) is 13.8. The van der Waals surface area contributed by atoms with Crippen molar-refractivity contribution in [2.75, 3.05) is 5.32 Å². The second kappa shape index (κ2) is 8.63. The third-order valence-electron chi connectivity index (χ3n) is 5.43. The highest BCUT2D eigenvalue weighted by molar-refractivity contribution is 6.22. The SMILES string of the molecule is CC(C)CC(NC(=O)Nc1ccc2c(c1)C(=O)N(C1CCCCC1)C2=O)C(=O)O. The van der Waals surface area contributed by atoms with Gasteiger partial charge in [-0.15, -0.1) is 0 Å². The monoisotopic (exact) mass is 401 g/mol. The fraction of sp³-hybridized carbons (Fsp3) is 0.524. The molecule has 1 fully saturated rings. The number of imide groups is 1. The molecule has 1 aromatic carbocycles. The standard InChI is InChI=1S/C21H27N3O5/c1-12(2)10-17(20(27)28)23-21(29)22-13-8-9-15-16(11-13)19(26)24(18(15)25)14-6-4-3-5-7-14/h8-9,11-12,14,17H,3-7,10H2,1-2H3,(H,27,28)(H2,22,23,29). The molecule has 1 heterocycles. The molecular weight excluding hydrogens is 374 g/mol. The van der Waals surface area contributed by atoms with Gasteiger partial charge in [0, 0.05) is 11.7 Å². The maximum Gasteiger partial charge on any atom is 0.326 e. The molecule has 3 rings (SSSR count). The number of anilines is 1. The Kier molecular flexibility index (Phi) is 6.20. The van der Waals surface area contributed by atoms with Gasteiger partial charge in [0.05, 0.1) is 11.1 Å². The van der Waals surface area contributed by atoms with Crippen LogP contribution in [0, 0.1) is 5.92 Å². The van der Waals surface area contributed by atoms with Crippen LogP contribution in [0.1, 0.15) is 73.1 Å². The number of hydrogen-bond donors (Lipinski definition) is 3. The number of carboxylic acids is 1. The van der Waals surface area contributed by atoms with E-state index in [-0.39, 0.29) is 29.3 Å². The molecule has 0 bridgehead atoms. The molecule has 156 valence electrons. The van der Waals surface area contributed by atoms with Crippen molar-refractivity contribution < 1.29 is 24.3 Å². The molecule has 0 saturated heterocycles. The van der Waals surface area contributed by atoms with Crippen LogP contribution in [-0.2, 0) is 4.79 Å². The lowest BCUT2D eigenvalue weighted by Crippen LogP contribution is -2.43. The summed E-state index contributed by atoms with van der Waals surface area (Å²) in [5.41, 5.74) is 0.951. The maximum atomic E-state index is 12.8.